The molecule has 0 aliphatic rings. The summed E-state index contributed by atoms with van der Waals surface area (Å²) < 4.78 is 5.23. The Morgan fingerprint density at radius 3 is 2.21 bits per heavy atom. The lowest BCUT2D eigenvalue weighted by molar-refractivity contribution is 0.0523. The molecule has 0 unspecified atom stereocenters. The molecule has 0 spiro atoms. The van der Waals surface area contributed by atoms with Crippen LogP contribution in [0.5, 0.6) is 0 Å². The van der Waals surface area contributed by atoms with E-state index in [0.717, 1.165) is 17.8 Å². The lowest BCUT2D eigenvalue weighted by atomic mass is 10.1. The van der Waals surface area contributed by atoms with Gasteiger partial charge < -0.3 is 15.0 Å². The molecule has 4 heteroatoms. The van der Waals surface area contributed by atoms with E-state index in [1.807, 2.05) is 39.0 Å². The maximum Gasteiger partial charge on any atom is 0.407 e. The molecule has 0 fully saturated rings. The molecule has 1 N–H and O–H groups in total. The molecule has 4 nitrogen and oxygen atoms in total. The van der Waals surface area contributed by atoms with Gasteiger partial charge in [0.05, 0.1) is 0 Å². The topological polar surface area (TPSA) is 41.6 Å². The molecule has 0 aliphatic heterocycles. The first-order valence-electron chi connectivity index (χ1n) is 8.14. The number of hydrogen-bond donors (Lipinski definition) is 1. The number of anilines is 1. The quantitative estimate of drug-likeness (QED) is 0.888. The van der Waals surface area contributed by atoms with Crippen molar-refractivity contribution in [3.63, 3.8) is 0 Å². The zero-order valence-corrected chi connectivity index (χ0v) is 14.9. The minimum Gasteiger partial charge on any atom is -0.444 e. The van der Waals surface area contributed by atoms with Crippen LogP contribution in [0, 0.1) is 0 Å². The molecule has 0 aromatic heterocycles. The van der Waals surface area contributed by atoms with Gasteiger partial charge in [-0.05, 0) is 44.0 Å². The Balaban J connectivity index is 1.87. The van der Waals surface area contributed by atoms with Crippen LogP contribution in [0.25, 0.3) is 0 Å². The second-order valence-corrected chi connectivity index (χ2v) is 6.86. The Morgan fingerprint density at radius 2 is 1.62 bits per heavy atom. The predicted molar refractivity (Wildman–Crippen MR) is 98.1 cm³/mol. The molecule has 0 saturated heterocycles. The molecule has 0 heterocycles. The third-order valence-corrected chi connectivity index (χ3v) is 3.48. The highest BCUT2D eigenvalue weighted by molar-refractivity contribution is 5.67. The summed E-state index contributed by atoms with van der Waals surface area (Å²) in [5.41, 5.74) is 2.97. The second-order valence-electron chi connectivity index (χ2n) is 6.86. The molecule has 0 atom stereocenters. The number of nitrogens with one attached hydrogen (secondary N) is 1. The van der Waals surface area contributed by atoms with Gasteiger partial charge in [-0.1, -0.05) is 42.5 Å². The highest BCUT2D eigenvalue weighted by Gasteiger charge is 2.15. The first kappa shape index (κ1) is 17.9. The Morgan fingerprint density at radius 1 is 1.00 bits per heavy atom. The van der Waals surface area contributed by atoms with E-state index in [2.05, 4.69) is 53.7 Å². The van der Waals surface area contributed by atoms with E-state index in [4.69, 9.17) is 4.74 Å². The fraction of sp³-hybridized carbons (Fsp3) is 0.350. The molecule has 1 amide bonds. The lowest BCUT2D eigenvalue weighted by Gasteiger charge is -2.21. The van der Waals surface area contributed by atoms with Crippen molar-refractivity contribution in [3.05, 3.63) is 65.7 Å². The van der Waals surface area contributed by atoms with Gasteiger partial charge in [-0.2, -0.15) is 0 Å². The molecule has 2 rings (SSSR count). The van der Waals surface area contributed by atoms with Crippen molar-refractivity contribution in [2.24, 2.45) is 0 Å². The fourth-order valence-corrected chi connectivity index (χ4v) is 2.31. The van der Waals surface area contributed by atoms with Crippen LogP contribution in [0.2, 0.25) is 0 Å². The molecule has 2 aromatic rings. The number of rotatable bonds is 5. The SMILES string of the molecule is CN(Cc1ccccc1)c1ccc(CNC(=O)OC(C)(C)C)cc1. The molecule has 128 valence electrons. The number of carbonyl (C=O) groups is 1. The fourth-order valence-electron chi connectivity index (χ4n) is 2.31. The largest absolute Gasteiger partial charge is 0.444 e. The number of carbonyl (C=O) groups excluding carboxylic acids is 1. The molecule has 0 saturated carbocycles. The smallest absolute Gasteiger partial charge is 0.407 e. The summed E-state index contributed by atoms with van der Waals surface area (Å²) in [6.07, 6.45) is -0.396. The predicted octanol–water partition coefficient (Wildman–Crippen LogP) is 4.35. The third kappa shape index (κ3) is 5.95. The minimum atomic E-state index is -0.478. The summed E-state index contributed by atoms with van der Waals surface area (Å²) in [4.78, 5) is 13.9. The molecule has 0 radical (unpaired) electrons. The molecular formula is C20H26N2O2. The molecule has 2 aromatic carbocycles. The Kier molecular flexibility index (Phi) is 5.85. The van der Waals surface area contributed by atoms with Crippen molar-refractivity contribution >= 4 is 11.8 Å². The maximum absolute atomic E-state index is 11.7. The van der Waals surface area contributed by atoms with E-state index in [-0.39, 0.29) is 0 Å². The van der Waals surface area contributed by atoms with Crippen molar-refractivity contribution < 1.29 is 9.53 Å². The van der Waals surface area contributed by atoms with Crippen molar-refractivity contribution in [1.29, 1.82) is 0 Å². The van der Waals surface area contributed by atoms with Crippen molar-refractivity contribution in [2.45, 2.75) is 39.5 Å². The van der Waals surface area contributed by atoms with Gasteiger partial charge >= 0.3 is 6.09 Å². The number of benzene rings is 2. The number of hydrogen-bond acceptors (Lipinski definition) is 3. The zero-order chi connectivity index (χ0) is 17.6. The van der Waals surface area contributed by atoms with Gasteiger partial charge in [0.1, 0.15) is 5.60 Å². The molecule has 0 bridgehead atoms. The maximum atomic E-state index is 11.7. The average molecular weight is 326 g/mol. The van der Waals surface area contributed by atoms with Crippen LogP contribution >= 0.6 is 0 Å². The first-order chi connectivity index (χ1) is 11.3. The summed E-state index contributed by atoms with van der Waals surface area (Å²) in [6.45, 7) is 6.87. The summed E-state index contributed by atoms with van der Waals surface area (Å²) in [5.74, 6) is 0. The van der Waals surface area contributed by atoms with E-state index < -0.39 is 11.7 Å². The highest BCUT2D eigenvalue weighted by atomic mass is 16.6. The Labute approximate surface area is 144 Å². The van der Waals surface area contributed by atoms with Gasteiger partial charge in [0.25, 0.3) is 0 Å². The Bertz CT molecular complexity index is 646. The van der Waals surface area contributed by atoms with Gasteiger partial charge in [0.15, 0.2) is 0 Å². The zero-order valence-electron chi connectivity index (χ0n) is 14.9. The minimum absolute atomic E-state index is 0.396. The van der Waals surface area contributed by atoms with E-state index in [0.29, 0.717) is 6.54 Å². The van der Waals surface area contributed by atoms with Crippen LogP contribution in [0.3, 0.4) is 0 Å². The van der Waals surface area contributed by atoms with Crippen LogP contribution < -0.4 is 10.2 Å². The molecular weight excluding hydrogens is 300 g/mol. The summed E-state index contributed by atoms with van der Waals surface area (Å²) in [7, 11) is 2.07. The van der Waals surface area contributed by atoms with E-state index in [1.165, 1.54) is 5.56 Å². The summed E-state index contributed by atoms with van der Waals surface area (Å²) in [5, 5.41) is 2.77. The third-order valence-electron chi connectivity index (χ3n) is 3.48. The molecule has 0 aliphatic carbocycles. The first-order valence-corrected chi connectivity index (χ1v) is 8.14. The summed E-state index contributed by atoms with van der Waals surface area (Å²) in [6, 6.07) is 18.5. The van der Waals surface area contributed by atoms with E-state index in [9.17, 15) is 4.79 Å². The van der Waals surface area contributed by atoms with Crippen LogP contribution in [-0.2, 0) is 17.8 Å². The number of ether oxygens (including phenoxy) is 1. The van der Waals surface area contributed by atoms with Crippen LogP contribution in [0.4, 0.5) is 10.5 Å². The van der Waals surface area contributed by atoms with Crippen LogP contribution in [0.1, 0.15) is 31.9 Å². The van der Waals surface area contributed by atoms with Crippen LogP contribution in [-0.4, -0.2) is 18.7 Å². The van der Waals surface area contributed by atoms with Gasteiger partial charge in [-0.3, -0.25) is 0 Å². The molecule has 24 heavy (non-hydrogen) atoms. The number of nitrogens with zero attached hydrogens (tertiary/aromatic N) is 1. The Hall–Kier alpha value is -2.49. The average Bonchev–Trinajstić information content (AvgIpc) is 2.53. The van der Waals surface area contributed by atoms with Crippen molar-refractivity contribution in [2.75, 3.05) is 11.9 Å². The normalized spacial score (nSPS) is 11.0. The lowest BCUT2D eigenvalue weighted by Crippen LogP contribution is -2.32. The summed E-state index contributed by atoms with van der Waals surface area (Å²) >= 11 is 0. The van der Waals surface area contributed by atoms with Crippen molar-refractivity contribution in [3.8, 4) is 0 Å². The van der Waals surface area contributed by atoms with Crippen LogP contribution in [0.15, 0.2) is 54.6 Å². The van der Waals surface area contributed by atoms with E-state index >= 15 is 0 Å². The van der Waals surface area contributed by atoms with E-state index in [1.54, 1.807) is 0 Å². The van der Waals surface area contributed by atoms with Crippen molar-refractivity contribution in [1.82, 2.24) is 5.32 Å². The highest BCUT2D eigenvalue weighted by Crippen LogP contribution is 2.16. The monoisotopic (exact) mass is 326 g/mol. The van der Waals surface area contributed by atoms with Gasteiger partial charge in [-0.15, -0.1) is 0 Å². The van der Waals surface area contributed by atoms with Gasteiger partial charge in [0.2, 0.25) is 0 Å². The van der Waals surface area contributed by atoms with Gasteiger partial charge in [0, 0.05) is 25.8 Å². The second kappa shape index (κ2) is 7.86. The number of alkyl carbamates (subject to hydrolysis) is 1. The standard InChI is InChI=1S/C20H26N2O2/c1-20(2,3)24-19(23)21-14-16-10-12-18(13-11-16)22(4)15-17-8-6-5-7-9-17/h5-13H,14-15H2,1-4H3,(H,21,23). The van der Waals surface area contributed by atoms with Gasteiger partial charge in [-0.25, -0.2) is 4.79 Å². The number of amides is 1.